The number of hydrogen-bond donors (Lipinski definition) is 3. The zero-order valence-electron chi connectivity index (χ0n) is 5.89. The summed E-state index contributed by atoms with van der Waals surface area (Å²) in [5.74, 6) is 0.576. The zero-order valence-corrected chi connectivity index (χ0v) is 5.89. The van der Waals surface area contributed by atoms with E-state index in [1.54, 1.807) is 0 Å². The van der Waals surface area contributed by atoms with Gasteiger partial charge in [0.05, 0.1) is 0 Å². The fourth-order valence-electron chi connectivity index (χ4n) is 1.13. The van der Waals surface area contributed by atoms with Gasteiger partial charge >= 0.3 is 6.03 Å². The number of carbonyl (C=O) groups is 1. The van der Waals surface area contributed by atoms with E-state index in [0.717, 1.165) is 19.5 Å². The van der Waals surface area contributed by atoms with Gasteiger partial charge in [0.1, 0.15) is 0 Å². The molecule has 0 radical (unpaired) electrons. The SMILES string of the molecule is NC(=O)NCC1CCNC1. The number of nitrogens with one attached hydrogen (secondary N) is 2. The van der Waals surface area contributed by atoms with Crippen LogP contribution in [-0.2, 0) is 0 Å². The van der Waals surface area contributed by atoms with Gasteiger partial charge in [-0.1, -0.05) is 0 Å². The molecular formula is C6H13N3O. The second-order valence-electron chi connectivity index (χ2n) is 2.60. The first-order chi connectivity index (χ1) is 4.79. The quantitative estimate of drug-likeness (QED) is 0.477. The monoisotopic (exact) mass is 143 g/mol. The van der Waals surface area contributed by atoms with Crippen LogP contribution in [0.5, 0.6) is 0 Å². The third-order valence-corrected chi connectivity index (χ3v) is 1.73. The highest BCUT2D eigenvalue weighted by atomic mass is 16.2. The molecule has 0 saturated carbocycles. The van der Waals surface area contributed by atoms with Gasteiger partial charge in [0.25, 0.3) is 0 Å². The molecule has 0 aromatic heterocycles. The average molecular weight is 143 g/mol. The summed E-state index contributed by atoms with van der Waals surface area (Å²) in [7, 11) is 0. The molecule has 0 aromatic carbocycles. The predicted molar refractivity (Wildman–Crippen MR) is 38.6 cm³/mol. The summed E-state index contributed by atoms with van der Waals surface area (Å²) >= 11 is 0. The van der Waals surface area contributed by atoms with Crippen LogP contribution in [-0.4, -0.2) is 25.7 Å². The molecule has 1 aliphatic rings. The Morgan fingerprint density at radius 3 is 3.10 bits per heavy atom. The lowest BCUT2D eigenvalue weighted by atomic mass is 10.1. The van der Waals surface area contributed by atoms with Crippen molar-refractivity contribution in [2.45, 2.75) is 6.42 Å². The first-order valence-electron chi connectivity index (χ1n) is 3.53. The van der Waals surface area contributed by atoms with E-state index >= 15 is 0 Å². The third-order valence-electron chi connectivity index (χ3n) is 1.73. The molecular weight excluding hydrogens is 130 g/mol. The largest absolute Gasteiger partial charge is 0.352 e. The van der Waals surface area contributed by atoms with E-state index in [4.69, 9.17) is 5.73 Å². The lowest BCUT2D eigenvalue weighted by molar-refractivity contribution is 0.247. The van der Waals surface area contributed by atoms with Gasteiger partial charge in [-0.3, -0.25) is 0 Å². The molecule has 1 rings (SSSR count). The lowest BCUT2D eigenvalue weighted by Gasteiger charge is -2.06. The summed E-state index contributed by atoms with van der Waals surface area (Å²) in [5, 5.41) is 5.79. The highest BCUT2D eigenvalue weighted by molar-refractivity contribution is 5.71. The fourth-order valence-corrected chi connectivity index (χ4v) is 1.13. The number of carbonyl (C=O) groups excluding carboxylic acids is 1. The molecule has 4 N–H and O–H groups in total. The fraction of sp³-hybridized carbons (Fsp3) is 0.833. The predicted octanol–water partition coefficient (Wildman–Crippen LogP) is -0.736. The zero-order chi connectivity index (χ0) is 7.40. The van der Waals surface area contributed by atoms with E-state index in [2.05, 4.69) is 10.6 Å². The van der Waals surface area contributed by atoms with Crippen molar-refractivity contribution in [3.8, 4) is 0 Å². The normalized spacial score (nSPS) is 24.6. The molecule has 1 unspecified atom stereocenters. The highest BCUT2D eigenvalue weighted by Crippen LogP contribution is 2.04. The van der Waals surface area contributed by atoms with Gasteiger partial charge in [0.2, 0.25) is 0 Å². The first kappa shape index (κ1) is 7.34. The summed E-state index contributed by atoms with van der Waals surface area (Å²) in [6.07, 6.45) is 1.14. The molecule has 1 fully saturated rings. The van der Waals surface area contributed by atoms with Gasteiger partial charge in [0, 0.05) is 6.54 Å². The molecule has 1 heterocycles. The van der Waals surface area contributed by atoms with E-state index in [-0.39, 0.29) is 0 Å². The van der Waals surface area contributed by atoms with Crippen LogP contribution < -0.4 is 16.4 Å². The molecule has 58 valence electrons. The van der Waals surface area contributed by atoms with E-state index in [9.17, 15) is 4.79 Å². The number of amides is 2. The second kappa shape index (κ2) is 3.41. The topological polar surface area (TPSA) is 67.2 Å². The molecule has 1 atom stereocenters. The highest BCUT2D eigenvalue weighted by Gasteiger charge is 2.13. The minimum atomic E-state index is -0.424. The van der Waals surface area contributed by atoms with Crippen LogP contribution in [0.1, 0.15) is 6.42 Å². The van der Waals surface area contributed by atoms with Crippen LogP contribution in [0.2, 0.25) is 0 Å². The number of urea groups is 1. The maximum Gasteiger partial charge on any atom is 0.312 e. The Kier molecular flexibility index (Phi) is 2.50. The van der Waals surface area contributed by atoms with Crippen molar-refractivity contribution < 1.29 is 4.79 Å². The average Bonchev–Trinajstić information content (AvgIpc) is 2.34. The Hall–Kier alpha value is -0.770. The van der Waals surface area contributed by atoms with E-state index < -0.39 is 6.03 Å². The van der Waals surface area contributed by atoms with Crippen molar-refractivity contribution in [3.63, 3.8) is 0 Å². The molecule has 1 aliphatic heterocycles. The molecule has 2 amide bonds. The van der Waals surface area contributed by atoms with Crippen molar-refractivity contribution >= 4 is 6.03 Å². The Labute approximate surface area is 60.2 Å². The van der Waals surface area contributed by atoms with Crippen molar-refractivity contribution in [2.24, 2.45) is 11.7 Å². The van der Waals surface area contributed by atoms with Gasteiger partial charge in [-0.05, 0) is 25.4 Å². The molecule has 4 nitrogen and oxygen atoms in total. The van der Waals surface area contributed by atoms with Crippen molar-refractivity contribution in [1.82, 2.24) is 10.6 Å². The summed E-state index contributed by atoms with van der Waals surface area (Å²) in [6, 6.07) is -0.424. The van der Waals surface area contributed by atoms with Crippen molar-refractivity contribution in [1.29, 1.82) is 0 Å². The third kappa shape index (κ3) is 2.23. The standard InChI is InChI=1S/C6H13N3O/c7-6(10)9-4-5-1-2-8-3-5/h5,8H,1-4H2,(H3,7,9,10). The van der Waals surface area contributed by atoms with Crippen LogP contribution >= 0.6 is 0 Å². The molecule has 0 aromatic rings. The van der Waals surface area contributed by atoms with Crippen molar-refractivity contribution in [2.75, 3.05) is 19.6 Å². The van der Waals surface area contributed by atoms with Crippen LogP contribution in [0.4, 0.5) is 4.79 Å². The lowest BCUT2D eigenvalue weighted by Crippen LogP contribution is -2.34. The Morgan fingerprint density at radius 1 is 1.80 bits per heavy atom. The maximum absolute atomic E-state index is 10.2. The minimum Gasteiger partial charge on any atom is -0.352 e. The summed E-state index contributed by atoms with van der Waals surface area (Å²) in [5.41, 5.74) is 4.90. The Bertz CT molecular complexity index is 120. The molecule has 0 spiro atoms. The first-order valence-corrected chi connectivity index (χ1v) is 3.53. The van der Waals surface area contributed by atoms with Gasteiger partial charge in [-0.15, -0.1) is 0 Å². The molecule has 0 bridgehead atoms. The Morgan fingerprint density at radius 2 is 2.60 bits per heavy atom. The number of hydrogen-bond acceptors (Lipinski definition) is 2. The summed E-state index contributed by atoms with van der Waals surface area (Å²) in [4.78, 5) is 10.2. The maximum atomic E-state index is 10.2. The summed E-state index contributed by atoms with van der Waals surface area (Å²) in [6.45, 7) is 2.77. The van der Waals surface area contributed by atoms with E-state index in [0.29, 0.717) is 12.5 Å². The smallest absolute Gasteiger partial charge is 0.312 e. The van der Waals surface area contributed by atoms with Crippen LogP contribution in [0, 0.1) is 5.92 Å². The second-order valence-corrected chi connectivity index (χ2v) is 2.60. The van der Waals surface area contributed by atoms with E-state index in [1.807, 2.05) is 0 Å². The number of primary amides is 1. The van der Waals surface area contributed by atoms with E-state index in [1.165, 1.54) is 0 Å². The molecule has 0 aliphatic carbocycles. The van der Waals surface area contributed by atoms with Gasteiger partial charge in [-0.2, -0.15) is 0 Å². The van der Waals surface area contributed by atoms with Crippen LogP contribution in [0.3, 0.4) is 0 Å². The number of nitrogens with two attached hydrogens (primary N) is 1. The van der Waals surface area contributed by atoms with Crippen molar-refractivity contribution in [3.05, 3.63) is 0 Å². The molecule has 1 saturated heterocycles. The molecule has 10 heavy (non-hydrogen) atoms. The molecule has 4 heteroatoms. The van der Waals surface area contributed by atoms with Crippen LogP contribution in [0.15, 0.2) is 0 Å². The van der Waals surface area contributed by atoms with Gasteiger partial charge in [-0.25, -0.2) is 4.79 Å². The minimum absolute atomic E-state index is 0.424. The number of rotatable bonds is 2. The Balaban J connectivity index is 2.07. The van der Waals surface area contributed by atoms with Gasteiger partial charge in [0.15, 0.2) is 0 Å². The van der Waals surface area contributed by atoms with Crippen LogP contribution in [0.25, 0.3) is 0 Å². The van der Waals surface area contributed by atoms with Gasteiger partial charge < -0.3 is 16.4 Å². The summed E-state index contributed by atoms with van der Waals surface area (Å²) < 4.78 is 0.